The maximum atomic E-state index is 12.9. The molecule has 0 fully saturated rings. The molecule has 0 radical (unpaired) electrons. The van der Waals surface area contributed by atoms with Gasteiger partial charge in [0, 0.05) is 0 Å². The van der Waals surface area contributed by atoms with E-state index in [-0.39, 0.29) is 5.92 Å². The molecule has 8 heteroatoms. The van der Waals surface area contributed by atoms with Gasteiger partial charge in [0.25, 0.3) is 0 Å². The minimum atomic E-state index is -3.08. The van der Waals surface area contributed by atoms with E-state index in [2.05, 4.69) is 0 Å². The lowest BCUT2D eigenvalue weighted by Crippen LogP contribution is -2.55. The molecule has 0 aromatic carbocycles. The second kappa shape index (κ2) is 11.1. The molecule has 3 atom stereocenters. The van der Waals surface area contributed by atoms with E-state index in [4.69, 9.17) is 9.84 Å². The van der Waals surface area contributed by atoms with Crippen molar-refractivity contribution < 1.29 is 39.2 Å². The molecule has 0 aliphatic heterocycles. The average molecular weight is 402 g/mol. The van der Waals surface area contributed by atoms with Gasteiger partial charge in [0.2, 0.25) is 0 Å². The number of aliphatic hydroxyl groups is 1. The smallest absolute Gasteiger partial charge is 0.337 e. The van der Waals surface area contributed by atoms with Crippen LogP contribution >= 0.6 is 0 Å². The Bertz CT molecular complexity index is 567. The van der Waals surface area contributed by atoms with Crippen molar-refractivity contribution in [3.05, 3.63) is 0 Å². The summed E-state index contributed by atoms with van der Waals surface area (Å²) in [5.41, 5.74) is -4.00. The number of esters is 1. The van der Waals surface area contributed by atoms with Crippen LogP contribution in [-0.4, -0.2) is 50.2 Å². The Hall–Kier alpha value is -1.96. The second-order valence-electron chi connectivity index (χ2n) is 7.28. The minimum absolute atomic E-state index is 0.00333. The van der Waals surface area contributed by atoms with Crippen molar-refractivity contribution in [2.45, 2.75) is 90.8 Å². The second-order valence-corrected chi connectivity index (χ2v) is 7.28. The summed E-state index contributed by atoms with van der Waals surface area (Å²) in [6.07, 6.45) is 3.01. The monoisotopic (exact) mass is 402 g/mol. The van der Waals surface area contributed by atoms with Crippen LogP contribution in [0.1, 0.15) is 79.6 Å². The number of hydrogen-bond donors (Lipinski definition) is 3. The summed E-state index contributed by atoms with van der Waals surface area (Å²) in [4.78, 5) is 47.6. The maximum Gasteiger partial charge on any atom is 0.337 e. The zero-order chi connectivity index (χ0) is 22.1. The number of carboxylic acids is 2. The number of ether oxygens (including phenoxy) is 1. The largest absolute Gasteiger partial charge is 0.481 e. The van der Waals surface area contributed by atoms with Gasteiger partial charge in [-0.05, 0) is 38.5 Å². The van der Waals surface area contributed by atoms with Gasteiger partial charge in [-0.3, -0.25) is 14.4 Å². The van der Waals surface area contributed by atoms with Crippen LogP contribution in [0.2, 0.25) is 0 Å². The Morgan fingerprint density at radius 1 is 1.00 bits per heavy atom. The van der Waals surface area contributed by atoms with Gasteiger partial charge in [-0.15, -0.1) is 0 Å². The van der Waals surface area contributed by atoms with Crippen LogP contribution in [0.15, 0.2) is 0 Å². The fraction of sp³-hybridized carbons (Fsp3) is 0.800. The lowest BCUT2D eigenvalue weighted by atomic mass is 9.77. The number of aliphatic carboxylic acids is 2. The molecular weight excluding hydrogens is 368 g/mol. The molecule has 3 unspecified atom stereocenters. The molecule has 0 spiro atoms. The van der Waals surface area contributed by atoms with Crippen LogP contribution in [0.3, 0.4) is 0 Å². The molecular formula is C20H34O8. The van der Waals surface area contributed by atoms with Gasteiger partial charge in [0.05, 0.1) is 6.42 Å². The number of unbranched alkanes of at least 4 members (excludes halogenated alkanes) is 1. The summed E-state index contributed by atoms with van der Waals surface area (Å²) in [6.45, 7) is 8.64. The third-order valence-electron chi connectivity index (χ3n) is 5.55. The van der Waals surface area contributed by atoms with E-state index in [0.717, 1.165) is 32.6 Å². The van der Waals surface area contributed by atoms with Gasteiger partial charge in [-0.25, -0.2) is 4.79 Å². The van der Waals surface area contributed by atoms with Crippen molar-refractivity contribution >= 4 is 23.7 Å². The number of hydrogen-bond acceptors (Lipinski definition) is 6. The van der Waals surface area contributed by atoms with Gasteiger partial charge in [-0.1, -0.05) is 40.5 Å². The van der Waals surface area contributed by atoms with Gasteiger partial charge < -0.3 is 20.1 Å². The number of carbonyl (C=O) groups is 4. The highest BCUT2D eigenvalue weighted by Crippen LogP contribution is 2.37. The van der Waals surface area contributed by atoms with E-state index < -0.39 is 47.2 Å². The Labute approximate surface area is 166 Å². The van der Waals surface area contributed by atoms with Crippen molar-refractivity contribution in [1.29, 1.82) is 0 Å². The van der Waals surface area contributed by atoms with Crippen molar-refractivity contribution in [1.82, 2.24) is 0 Å². The van der Waals surface area contributed by atoms with E-state index in [1.807, 2.05) is 27.7 Å². The highest BCUT2D eigenvalue weighted by molar-refractivity contribution is 6.05. The molecule has 8 nitrogen and oxygen atoms in total. The molecule has 0 aromatic rings. The molecule has 0 amide bonds. The average Bonchev–Trinajstić information content (AvgIpc) is 2.59. The standard InChI is InChI=1S/C20H34O8/c1-6-10-11-14(7-2)19(8-3,9-4)28-17(24)16(13(5)21)20(27,18(25)26)12-15(22)23/h14,16,27H,6-12H2,1-5H3,(H,22,23)(H,25,26). The first-order valence-electron chi connectivity index (χ1n) is 9.86. The van der Waals surface area contributed by atoms with Crippen LogP contribution in [0, 0.1) is 11.8 Å². The fourth-order valence-corrected chi connectivity index (χ4v) is 3.83. The number of ketones is 1. The third-order valence-corrected chi connectivity index (χ3v) is 5.55. The summed E-state index contributed by atoms with van der Waals surface area (Å²) in [5.74, 6) is -7.88. The van der Waals surface area contributed by atoms with E-state index >= 15 is 0 Å². The minimum Gasteiger partial charge on any atom is -0.481 e. The fourth-order valence-electron chi connectivity index (χ4n) is 3.83. The Balaban J connectivity index is 6.02. The van der Waals surface area contributed by atoms with Crippen LogP contribution in [0.4, 0.5) is 0 Å². The summed E-state index contributed by atoms with van der Waals surface area (Å²) in [6, 6.07) is 0. The Morgan fingerprint density at radius 3 is 1.86 bits per heavy atom. The van der Waals surface area contributed by atoms with E-state index in [1.165, 1.54) is 0 Å². The molecule has 0 saturated carbocycles. The van der Waals surface area contributed by atoms with Crippen molar-refractivity contribution in [2.75, 3.05) is 0 Å². The number of carbonyl (C=O) groups excluding carboxylic acids is 2. The molecule has 162 valence electrons. The highest BCUT2D eigenvalue weighted by Gasteiger charge is 2.54. The molecule has 0 aliphatic rings. The highest BCUT2D eigenvalue weighted by atomic mass is 16.6. The van der Waals surface area contributed by atoms with Gasteiger partial charge in [-0.2, -0.15) is 0 Å². The number of Topliss-reactive ketones (excluding diaryl/α,β-unsaturated/α-hetero) is 1. The SMILES string of the molecule is CCCCC(CC)C(CC)(CC)OC(=O)C(C(C)=O)C(O)(CC(=O)O)C(=O)O. The van der Waals surface area contributed by atoms with Gasteiger partial charge >= 0.3 is 17.9 Å². The first kappa shape index (κ1) is 26.0. The molecule has 28 heavy (non-hydrogen) atoms. The van der Waals surface area contributed by atoms with Crippen LogP contribution in [0.25, 0.3) is 0 Å². The van der Waals surface area contributed by atoms with E-state index in [0.29, 0.717) is 12.8 Å². The first-order valence-corrected chi connectivity index (χ1v) is 9.86. The van der Waals surface area contributed by atoms with Crippen LogP contribution in [-0.2, 0) is 23.9 Å². The summed E-state index contributed by atoms with van der Waals surface area (Å²) in [5, 5.41) is 28.8. The third kappa shape index (κ3) is 6.02. The predicted octanol–water partition coefficient (Wildman–Crippen LogP) is 2.80. The van der Waals surface area contributed by atoms with Gasteiger partial charge in [0.15, 0.2) is 11.5 Å². The molecule has 0 aromatic heterocycles. The molecule has 0 heterocycles. The van der Waals surface area contributed by atoms with Gasteiger partial charge in [0.1, 0.15) is 11.4 Å². The van der Waals surface area contributed by atoms with Crippen molar-refractivity contribution in [2.24, 2.45) is 11.8 Å². The normalized spacial score (nSPS) is 15.9. The number of carboxylic acid groups (broad SMARTS) is 2. The van der Waals surface area contributed by atoms with Crippen LogP contribution < -0.4 is 0 Å². The topological polar surface area (TPSA) is 138 Å². The van der Waals surface area contributed by atoms with E-state index in [9.17, 15) is 29.4 Å². The van der Waals surface area contributed by atoms with Crippen LogP contribution in [0.5, 0.6) is 0 Å². The quantitative estimate of drug-likeness (QED) is 0.298. The zero-order valence-electron chi connectivity index (χ0n) is 17.5. The summed E-state index contributed by atoms with van der Waals surface area (Å²) >= 11 is 0. The molecule has 0 saturated heterocycles. The lowest BCUT2D eigenvalue weighted by molar-refractivity contribution is -0.193. The molecule has 3 N–H and O–H groups in total. The maximum absolute atomic E-state index is 12.9. The Morgan fingerprint density at radius 2 is 1.54 bits per heavy atom. The van der Waals surface area contributed by atoms with Crippen molar-refractivity contribution in [3.8, 4) is 0 Å². The summed E-state index contributed by atoms with van der Waals surface area (Å²) in [7, 11) is 0. The zero-order valence-corrected chi connectivity index (χ0v) is 17.5. The predicted molar refractivity (Wildman–Crippen MR) is 102 cm³/mol. The Kier molecular flexibility index (Phi) is 10.4. The number of rotatable bonds is 14. The molecule has 0 rings (SSSR count). The molecule has 0 aliphatic carbocycles. The first-order chi connectivity index (χ1) is 12.9. The van der Waals surface area contributed by atoms with E-state index in [1.54, 1.807) is 0 Å². The molecule has 0 bridgehead atoms. The lowest BCUT2D eigenvalue weighted by Gasteiger charge is -2.40. The summed E-state index contributed by atoms with van der Waals surface area (Å²) < 4.78 is 5.71. The van der Waals surface area contributed by atoms with Crippen molar-refractivity contribution in [3.63, 3.8) is 0 Å².